The first-order valence-electron chi connectivity index (χ1n) is 6.56. The molecule has 2 aromatic carbocycles. The Morgan fingerprint density at radius 2 is 1.95 bits per heavy atom. The van der Waals surface area contributed by atoms with Crippen molar-refractivity contribution in [3.05, 3.63) is 64.4 Å². The van der Waals surface area contributed by atoms with Crippen LogP contribution in [0.1, 0.15) is 29.7 Å². The number of rotatable bonds is 2. The predicted octanol–water partition coefficient (Wildman–Crippen LogP) is 4.26. The van der Waals surface area contributed by atoms with Crippen LogP contribution < -0.4 is 10.1 Å². The number of ether oxygens (including phenoxy) is 1. The number of halogens is 2. The van der Waals surface area contributed by atoms with E-state index >= 15 is 0 Å². The number of hydrogen-bond acceptors (Lipinski definition) is 2. The molecule has 4 heteroatoms. The molecule has 1 aliphatic heterocycles. The van der Waals surface area contributed by atoms with E-state index in [4.69, 9.17) is 16.3 Å². The zero-order valence-corrected chi connectivity index (χ0v) is 11.8. The zero-order valence-electron chi connectivity index (χ0n) is 11.1. The third-order valence-corrected chi connectivity index (χ3v) is 3.91. The second-order valence-corrected chi connectivity index (χ2v) is 5.35. The third kappa shape index (κ3) is 2.51. The highest BCUT2D eigenvalue weighted by Crippen LogP contribution is 2.41. The van der Waals surface area contributed by atoms with Gasteiger partial charge in [0.25, 0.3) is 0 Å². The van der Waals surface area contributed by atoms with Gasteiger partial charge in [0.1, 0.15) is 17.7 Å². The van der Waals surface area contributed by atoms with Crippen molar-refractivity contribution in [1.29, 1.82) is 0 Å². The Bertz CT molecular complexity index is 614. The van der Waals surface area contributed by atoms with Gasteiger partial charge in [-0.15, -0.1) is 0 Å². The van der Waals surface area contributed by atoms with Crippen LogP contribution >= 0.6 is 11.6 Å². The monoisotopic (exact) mass is 291 g/mol. The van der Waals surface area contributed by atoms with Gasteiger partial charge in [0.2, 0.25) is 0 Å². The van der Waals surface area contributed by atoms with Gasteiger partial charge in [0.15, 0.2) is 0 Å². The zero-order chi connectivity index (χ0) is 14.1. The Hall–Kier alpha value is -1.58. The molecule has 0 spiro atoms. The molecule has 0 fully saturated rings. The smallest absolute Gasteiger partial charge is 0.127 e. The van der Waals surface area contributed by atoms with Gasteiger partial charge >= 0.3 is 0 Å². The standard InChI is InChI=1S/C16H15ClFNO/c1-19-14-9-15(10-2-4-11(17)5-3-10)20-16-8-12(18)6-7-13(14)16/h2-8,14-15,19H,9H2,1H3. The summed E-state index contributed by atoms with van der Waals surface area (Å²) in [6.07, 6.45) is 0.704. The van der Waals surface area contributed by atoms with Gasteiger partial charge in [0.05, 0.1) is 0 Å². The van der Waals surface area contributed by atoms with Crippen LogP contribution in [-0.4, -0.2) is 7.05 Å². The maximum absolute atomic E-state index is 13.4. The van der Waals surface area contributed by atoms with Crippen molar-refractivity contribution in [3.8, 4) is 5.75 Å². The van der Waals surface area contributed by atoms with Crippen molar-refractivity contribution >= 4 is 11.6 Å². The highest BCUT2D eigenvalue weighted by molar-refractivity contribution is 6.30. The normalized spacial score (nSPS) is 21.1. The minimum absolute atomic E-state index is 0.0981. The average Bonchev–Trinajstić information content (AvgIpc) is 2.46. The van der Waals surface area contributed by atoms with E-state index in [0.717, 1.165) is 17.5 Å². The summed E-state index contributed by atoms with van der Waals surface area (Å²) in [6, 6.07) is 12.4. The third-order valence-electron chi connectivity index (χ3n) is 3.66. The minimum atomic E-state index is -0.282. The molecule has 0 aromatic heterocycles. The average molecular weight is 292 g/mol. The number of hydrogen-bond donors (Lipinski definition) is 1. The van der Waals surface area contributed by atoms with Crippen LogP contribution in [0.3, 0.4) is 0 Å². The summed E-state index contributed by atoms with van der Waals surface area (Å²) in [5.41, 5.74) is 2.05. The maximum Gasteiger partial charge on any atom is 0.127 e. The fourth-order valence-electron chi connectivity index (χ4n) is 2.60. The van der Waals surface area contributed by atoms with Crippen molar-refractivity contribution in [2.75, 3.05) is 7.05 Å². The van der Waals surface area contributed by atoms with Gasteiger partial charge in [-0.2, -0.15) is 0 Å². The van der Waals surface area contributed by atoms with Gasteiger partial charge in [0, 0.05) is 29.1 Å². The van der Waals surface area contributed by atoms with E-state index in [1.54, 1.807) is 6.07 Å². The van der Waals surface area contributed by atoms with E-state index in [2.05, 4.69) is 5.32 Å². The summed E-state index contributed by atoms with van der Waals surface area (Å²) < 4.78 is 19.3. The second kappa shape index (κ2) is 5.43. The van der Waals surface area contributed by atoms with E-state index in [1.807, 2.05) is 31.3 Å². The van der Waals surface area contributed by atoms with Crippen molar-refractivity contribution in [2.45, 2.75) is 18.6 Å². The molecule has 3 rings (SSSR count). The molecule has 0 saturated heterocycles. The lowest BCUT2D eigenvalue weighted by Crippen LogP contribution is -2.26. The Labute approximate surface area is 122 Å². The minimum Gasteiger partial charge on any atom is -0.485 e. The number of nitrogens with one attached hydrogen (secondary N) is 1. The van der Waals surface area contributed by atoms with E-state index in [0.29, 0.717) is 10.8 Å². The van der Waals surface area contributed by atoms with Crippen LogP contribution in [-0.2, 0) is 0 Å². The lowest BCUT2D eigenvalue weighted by atomic mass is 9.93. The predicted molar refractivity (Wildman–Crippen MR) is 77.6 cm³/mol. The lowest BCUT2D eigenvalue weighted by Gasteiger charge is -2.32. The molecule has 2 nitrogen and oxygen atoms in total. The van der Waals surface area contributed by atoms with Crippen LogP contribution in [0.5, 0.6) is 5.75 Å². The molecule has 2 atom stereocenters. The van der Waals surface area contributed by atoms with Crippen LogP contribution in [0.15, 0.2) is 42.5 Å². The Kier molecular flexibility index (Phi) is 3.64. The van der Waals surface area contributed by atoms with Crippen LogP contribution in [0.25, 0.3) is 0 Å². The molecule has 0 amide bonds. The molecule has 0 aliphatic carbocycles. The summed E-state index contributed by atoms with van der Waals surface area (Å²) >= 11 is 5.91. The molecule has 1 N–H and O–H groups in total. The fraction of sp³-hybridized carbons (Fsp3) is 0.250. The summed E-state index contributed by atoms with van der Waals surface area (Å²) in [4.78, 5) is 0. The van der Waals surface area contributed by atoms with Crippen molar-refractivity contribution in [3.63, 3.8) is 0 Å². The van der Waals surface area contributed by atoms with Crippen molar-refractivity contribution < 1.29 is 9.13 Å². The van der Waals surface area contributed by atoms with Gasteiger partial charge in [-0.05, 0) is 30.8 Å². The topological polar surface area (TPSA) is 21.3 Å². The molecular formula is C16H15ClFNO. The molecule has 0 bridgehead atoms. The van der Waals surface area contributed by atoms with Crippen LogP contribution in [0, 0.1) is 5.82 Å². The highest BCUT2D eigenvalue weighted by atomic mass is 35.5. The molecular weight excluding hydrogens is 277 g/mol. The fourth-order valence-corrected chi connectivity index (χ4v) is 2.72. The Balaban J connectivity index is 1.95. The first-order valence-corrected chi connectivity index (χ1v) is 6.94. The maximum atomic E-state index is 13.4. The van der Waals surface area contributed by atoms with Gasteiger partial charge in [-0.1, -0.05) is 29.8 Å². The van der Waals surface area contributed by atoms with Gasteiger partial charge < -0.3 is 10.1 Å². The van der Waals surface area contributed by atoms with E-state index in [-0.39, 0.29) is 18.0 Å². The van der Waals surface area contributed by atoms with Crippen molar-refractivity contribution in [2.24, 2.45) is 0 Å². The molecule has 104 valence electrons. The molecule has 1 aliphatic rings. The molecule has 20 heavy (non-hydrogen) atoms. The summed E-state index contributed by atoms with van der Waals surface area (Å²) in [5, 5.41) is 3.96. The van der Waals surface area contributed by atoms with Gasteiger partial charge in [-0.25, -0.2) is 4.39 Å². The first-order chi connectivity index (χ1) is 9.67. The molecule has 1 heterocycles. The quantitative estimate of drug-likeness (QED) is 0.892. The molecule has 0 saturated carbocycles. The number of fused-ring (bicyclic) bond motifs is 1. The number of benzene rings is 2. The molecule has 2 unspecified atom stereocenters. The van der Waals surface area contributed by atoms with E-state index in [1.165, 1.54) is 12.1 Å². The van der Waals surface area contributed by atoms with Crippen LogP contribution in [0.4, 0.5) is 4.39 Å². The van der Waals surface area contributed by atoms with E-state index < -0.39 is 0 Å². The Morgan fingerprint density at radius 1 is 1.20 bits per heavy atom. The summed E-state index contributed by atoms with van der Waals surface area (Å²) in [5.74, 6) is 0.325. The molecule has 0 radical (unpaired) electrons. The van der Waals surface area contributed by atoms with Crippen molar-refractivity contribution in [1.82, 2.24) is 5.32 Å². The summed E-state index contributed by atoms with van der Waals surface area (Å²) in [6.45, 7) is 0. The van der Waals surface area contributed by atoms with Crippen LogP contribution in [0.2, 0.25) is 5.02 Å². The second-order valence-electron chi connectivity index (χ2n) is 4.92. The van der Waals surface area contributed by atoms with Gasteiger partial charge in [-0.3, -0.25) is 0 Å². The van der Waals surface area contributed by atoms with E-state index in [9.17, 15) is 4.39 Å². The molecule has 2 aromatic rings. The Morgan fingerprint density at radius 3 is 2.65 bits per heavy atom. The lowest BCUT2D eigenvalue weighted by molar-refractivity contribution is 0.153. The SMILES string of the molecule is CNC1CC(c2ccc(Cl)cc2)Oc2cc(F)ccc21. The largest absolute Gasteiger partial charge is 0.485 e. The first kappa shape index (κ1) is 13.4. The summed E-state index contributed by atoms with van der Waals surface area (Å²) in [7, 11) is 1.90. The highest BCUT2D eigenvalue weighted by Gasteiger charge is 2.28.